The van der Waals surface area contributed by atoms with Crippen molar-refractivity contribution in [1.29, 1.82) is 0 Å². The van der Waals surface area contributed by atoms with Crippen LogP contribution < -0.4 is 9.47 Å². The summed E-state index contributed by atoms with van der Waals surface area (Å²) in [5, 5.41) is 10.7. The van der Waals surface area contributed by atoms with Gasteiger partial charge in [-0.2, -0.15) is 0 Å². The van der Waals surface area contributed by atoms with Crippen LogP contribution in [0.3, 0.4) is 0 Å². The molecule has 1 saturated carbocycles. The van der Waals surface area contributed by atoms with Crippen molar-refractivity contribution < 1.29 is 19.4 Å². The zero-order valence-corrected chi connectivity index (χ0v) is 15.0. The van der Waals surface area contributed by atoms with E-state index >= 15 is 0 Å². The number of carbonyl (C=O) groups is 1. The van der Waals surface area contributed by atoms with Crippen molar-refractivity contribution in [2.75, 3.05) is 27.3 Å². The molecule has 25 heavy (non-hydrogen) atoms. The van der Waals surface area contributed by atoms with Crippen LogP contribution >= 0.6 is 0 Å². The minimum atomic E-state index is -0.553. The van der Waals surface area contributed by atoms with Crippen molar-refractivity contribution >= 4 is 12.0 Å². The van der Waals surface area contributed by atoms with E-state index in [4.69, 9.17) is 9.47 Å². The Kier molecular flexibility index (Phi) is 5.33. The summed E-state index contributed by atoms with van der Waals surface area (Å²) >= 11 is 0. The van der Waals surface area contributed by atoms with Gasteiger partial charge in [-0.1, -0.05) is 18.9 Å². The number of methoxy groups -OCH3 is 2. The summed E-state index contributed by atoms with van der Waals surface area (Å²) < 4.78 is 10.5. The van der Waals surface area contributed by atoms with E-state index in [0.717, 1.165) is 31.2 Å². The van der Waals surface area contributed by atoms with E-state index in [1.165, 1.54) is 0 Å². The van der Waals surface area contributed by atoms with Crippen LogP contribution in [0.1, 0.15) is 37.7 Å². The Morgan fingerprint density at radius 1 is 1.24 bits per heavy atom. The van der Waals surface area contributed by atoms with Gasteiger partial charge < -0.3 is 19.5 Å². The summed E-state index contributed by atoms with van der Waals surface area (Å²) in [6.45, 7) is 1.29. The largest absolute Gasteiger partial charge is 0.493 e. The molecule has 1 saturated heterocycles. The van der Waals surface area contributed by atoms with Gasteiger partial charge in [0.1, 0.15) is 0 Å². The number of likely N-dealkylation sites (tertiary alicyclic amines) is 1. The fourth-order valence-corrected chi connectivity index (χ4v) is 4.00. The van der Waals surface area contributed by atoms with E-state index in [1.807, 2.05) is 23.1 Å². The molecule has 0 bridgehead atoms. The van der Waals surface area contributed by atoms with Crippen LogP contribution in [0, 0.1) is 5.92 Å². The Labute approximate surface area is 149 Å². The number of benzene rings is 1. The molecule has 5 heteroatoms. The number of aliphatic hydroxyl groups is 1. The van der Waals surface area contributed by atoms with Gasteiger partial charge in [0.2, 0.25) is 5.91 Å². The maximum Gasteiger partial charge on any atom is 0.246 e. The first-order chi connectivity index (χ1) is 12.1. The van der Waals surface area contributed by atoms with E-state index in [0.29, 0.717) is 31.0 Å². The summed E-state index contributed by atoms with van der Waals surface area (Å²) in [4.78, 5) is 14.4. The number of nitrogens with zero attached hydrogens (tertiary/aromatic N) is 1. The summed E-state index contributed by atoms with van der Waals surface area (Å²) in [5.41, 5.74) is 0.333. The van der Waals surface area contributed by atoms with Crippen LogP contribution in [0.25, 0.3) is 6.08 Å². The molecule has 2 atom stereocenters. The number of hydrogen-bond acceptors (Lipinski definition) is 4. The molecule has 1 aliphatic heterocycles. The normalized spacial score (nSPS) is 26.4. The number of carbonyl (C=O) groups excluding carboxylic acids is 1. The molecule has 136 valence electrons. The quantitative estimate of drug-likeness (QED) is 0.853. The van der Waals surface area contributed by atoms with Crippen molar-refractivity contribution in [3.05, 3.63) is 29.8 Å². The van der Waals surface area contributed by atoms with Crippen LogP contribution in [0.4, 0.5) is 0 Å². The third-order valence-corrected chi connectivity index (χ3v) is 5.57. The summed E-state index contributed by atoms with van der Waals surface area (Å²) in [6, 6.07) is 5.56. The maximum absolute atomic E-state index is 12.5. The van der Waals surface area contributed by atoms with Crippen molar-refractivity contribution in [2.24, 2.45) is 5.92 Å². The molecule has 1 aromatic rings. The topological polar surface area (TPSA) is 59.0 Å². The number of ether oxygens (including phenoxy) is 2. The summed E-state index contributed by atoms with van der Waals surface area (Å²) in [5.74, 6) is 1.52. The highest BCUT2D eigenvalue weighted by atomic mass is 16.5. The SMILES string of the molecule is COc1ccc(/C=C/C(=O)N2CCC3(O)CCCCC3C2)cc1OC. The van der Waals surface area contributed by atoms with Gasteiger partial charge in [0.15, 0.2) is 11.5 Å². The van der Waals surface area contributed by atoms with Crippen molar-refractivity contribution in [1.82, 2.24) is 4.90 Å². The second-order valence-corrected chi connectivity index (χ2v) is 7.03. The summed E-state index contributed by atoms with van der Waals surface area (Å²) in [6.07, 6.45) is 8.23. The monoisotopic (exact) mass is 345 g/mol. The van der Waals surface area contributed by atoms with Crippen LogP contribution in [0.5, 0.6) is 11.5 Å². The molecule has 1 aromatic carbocycles. The summed E-state index contributed by atoms with van der Waals surface area (Å²) in [7, 11) is 3.19. The first-order valence-corrected chi connectivity index (χ1v) is 8.97. The molecule has 2 fully saturated rings. The smallest absolute Gasteiger partial charge is 0.246 e. The van der Waals surface area contributed by atoms with Crippen molar-refractivity contribution in [2.45, 2.75) is 37.7 Å². The lowest BCUT2D eigenvalue weighted by Crippen LogP contribution is -2.54. The molecule has 3 rings (SSSR count). The Hall–Kier alpha value is -2.01. The van der Waals surface area contributed by atoms with Crippen LogP contribution in [-0.4, -0.2) is 48.8 Å². The first-order valence-electron chi connectivity index (χ1n) is 8.97. The molecule has 1 N–H and O–H groups in total. The van der Waals surface area contributed by atoms with E-state index < -0.39 is 5.60 Å². The number of rotatable bonds is 4. The fraction of sp³-hybridized carbons (Fsp3) is 0.550. The Balaban J connectivity index is 1.65. The third kappa shape index (κ3) is 3.82. The van der Waals surface area contributed by atoms with Crippen molar-refractivity contribution in [3.63, 3.8) is 0 Å². The van der Waals surface area contributed by atoms with Crippen molar-refractivity contribution in [3.8, 4) is 11.5 Å². The molecular formula is C20H27NO4. The second-order valence-electron chi connectivity index (χ2n) is 7.03. The Morgan fingerprint density at radius 3 is 2.80 bits per heavy atom. The van der Waals surface area contributed by atoms with Crippen LogP contribution in [0.15, 0.2) is 24.3 Å². The van der Waals surface area contributed by atoms with Gasteiger partial charge in [-0.15, -0.1) is 0 Å². The van der Waals surface area contributed by atoms with Crippen LogP contribution in [0.2, 0.25) is 0 Å². The van der Waals surface area contributed by atoms with Gasteiger partial charge in [0.05, 0.1) is 19.8 Å². The van der Waals surface area contributed by atoms with Gasteiger partial charge in [0.25, 0.3) is 0 Å². The number of fused-ring (bicyclic) bond motifs is 1. The van der Waals surface area contributed by atoms with E-state index in [9.17, 15) is 9.90 Å². The van der Waals surface area contributed by atoms with Gasteiger partial charge >= 0.3 is 0 Å². The van der Waals surface area contributed by atoms with Gasteiger partial charge in [-0.3, -0.25) is 4.79 Å². The number of hydrogen-bond donors (Lipinski definition) is 1. The van der Waals surface area contributed by atoms with Gasteiger partial charge in [-0.25, -0.2) is 0 Å². The predicted octanol–water partition coefficient (Wildman–Crippen LogP) is 2.87. The lowest BCUT2D eigenvalue weighted by Gasteiger charge is -2.47. The maximum atomic E-state index is 12.5. The third-order valence-electron chi connectivity index (χ3n) is 5.57. The molecular weight excluding hydrogens is 318 g/mol. The highest BCUT2D eigenvalue weighted by Gasteiger charge is 2.43. The minimum Gasteiger partial charge on any atom is -0.493 e. The van der Waals surface area contributed by atoms with Gasteiger partial charge in [-0.05, 0) is 43.0 Å². The molecule has 0 aromatic heterocycles. The Bertz CT molecular complexity index is 657. The number of amides is 1. The molecule has 1 amide bonds. The van der Waals surface area contributed by atoms with E-state index in [2.05, 4.69) is 0 Å². The molecule has 2 aliphatic rings. The molecule has 0 spiro atoms. The van der Waals surface area contributed by atoms with Crippen LogP contribution in [-0.2, 0) is 4.79 Å². The average Bonchev–Trinajstić information content (AvgIpc) is 2.65. The standard InChI is InChI=1S/C20H27NO4/c1-24-17-8-6-15(13-18(17)25-2)7-9-19(22)21-12-11-20(23)10-4-3-5-16(20)14-21/h6-9,13,16,23H,3-5,10-12,14H2,1-2H3/b9-7+. The molecule has 2 unspecified atom stereocenters. The molecule has 1 aliphatic carbocycles. The lowest BCUT2D eigenvalue weighted by atomic mass is 9.71. The average molecular weight is 345 g/mol. The first kappa shape index (κ1) is 17.8. The zero-order valence-electron chi connectivity index (χ0n) is 15.0. The number of piperidine rings is 1. The fourth-order valence-electron chi connectivity index (χ4n) is 4.00. The second kappa shape index (κ2) is 7.48. The zero-order chi connectivity index (χ0) is 17.9. The minimum absolute atomic E-state index is 0.00223. The lowest BCUT2D eigenvalue weighted by molar-refractivity contribution is -0.138. The molecule has 0 radical (unpaired) electrons. The highest BCUT2D eigenvalue weighted by molar-refractivity contribution is 5.92. The Morgan fingerprint density at radius 2 is 2.04 bits per heavy atom. The van der Waals surface area contributed by atoms with E-state index in [1.54, 1.807) is 26.4 Å². The molecule has 5 nitrogen and oxygen atoms in total. The molecule has 1 heterocycles. The van der Waals surface area contributed by atoms with Gasteiger partial charge in [0, 0.05) is 25.1 Å². The highest BCUT2D eigenvalue weighted by Crippen LogP contribution is 2.39. The predicted molar refractivity (Wildman–Crippen MR) is 96.7 cm³/mol. The van der Waals surface area contributed by atoms with E-state index in [-0.39, 0.29) is 11.8 Å².